The number of hydrogen-bond donors (Lipinski definition) is 0. The van der Waals surface area contributed by atoms with Gasteiger partial charge in [-0.05, 0) is 43.2 Å². The third-order valence-corrected chi connectivity index (χ3v) is 3.24. The molecule has 0 aliphatic rings. The molecule has 0 spiro atoms. The highest BCUT2D eigenvalue weighted by atomic mass is 35.5. The first-order chi connectivity index (χ1) is 9.10. The van der Waals surface area contributed by atoms with Crippen molar-refractivity contribution in [2.75, 3.05) is 7.11 Å². The molecule has 0 radical (unpaired) electrons. The molecule has 0 N–H and O–H groups in total. The Hall–Kier alpha value is -1.87. The molecular weight excluding hydrogens is 260 g/mol. The molecule has 0 heterocycles. The second-order valence-corrected chi connectivity index (χ2v) is 4.69. The first-order valence-electron chi connectivity index (χ1n) is 5.92. The second kappa shape index (κ2) is 5.85. The molecule has 2 aromatic rings. The summed E-state index contributed by atoms with van der Waals surface area (Å²) in [5.41, 5.74) is 3.58. The number of aryl methyl sites for hydroxylation is 2. The lowest BCUT2D eigenvalue weighted by molar-refractivity contribution is 0.412. The number of halogens is 1. The lowest BCUT2D eigenvalue weighted by Gasteiger charge is -2.04. The molecule has 0 aromatic heterocycles. The number of azo groups is 1. The fourth-order valence-corrected chi connectivity index (χ4v) is 1.81. The molecule has 0 aliphatic carbocycles. The Kier molecular flexibility index (Phi) is 4.17. The Morgan fingerprint density at radius 3 is 2.05 bits per heavy atom. The molecule has 0 atom stereocenters. The smallest absolute Gasteiger partial charge is 0.123 e. The van der Waals surface area contributed by atoms with Crippen molar-refractivity contribution < 1.29 is 4.74 Å². The van der Waals surface area contributed by atoms with Gasteiger partial charge < -0.3 is 4.74 Å². The van der Waals surface area contributed by atoms with Gasteiger partial charge in [-0.1, -0.05) is 23.7 Å². The van der Waals surface area contributed by atoms with Gasteiger partial charge in [-0.25, -0.2) is 0 Å². The van der Waals surface area contributed by atoms with Gasteiger partial charge in [-0.3, -0.25) is 0 Å². The summed E-state index contributed by atoms with van der Waals surface area (Å²) in [4.78, 5) is 0. The number of ether oxygens (including phenoxy) is 1. The van der Waals surface area contributed by atoms with Crippen LogP contribution in [0.3, 0.4) is 0 Å². The van der Waals surface area contributed by atoms with Crippen LogP contribution in [0.25, 0.3) is 0 Å². The highest BCUT2D eigenvalue weighted by molar-refractivity contribution is 6.31. The summed E-state index contributed by atoms with van der Waals surface area (Å²) in [6, 6.07) is 11.3. The maximum atomic E-state index is 6.04. The van der Waals surface area contributed by atoms with Crippen LogP contribution in [0.2, 0.25) is 5.02 Å². The van der Waals surface area contributed by atoms with E-state index in [1.807, 2.05) is 44.2 Å². The minimum Gasteiger partial charge on any atom is -0.496 e. The van der Waals surface area contributed by atoms with Crippen LogP contribution in [-0.2, 0) is 0 Å². The summed E-state index contributed by atoms with van der Waals surface area (Å²) in [6.07, 6.45) is 0. The monoisotopic (exact) mass is 274 g/mol. The van der Waals surface area contributed by atoms with Gasteiger partial charge in [0.1, 0.15) is 5.75 Å². The van der Waals surface area contributed by atoms with Gasteiger partial charge in [0.2, 0.25) is 0 Å². The van der Waals surface area contributed by atoms with Crippen molar-refractivity contribution in [1.29, 1.82) is 0 Å². The van der Waals surface area contributed by atoms with Gasteiger partial charge >= 0.3 is 0 Å². The van der Waals surface area contributed by atoms with Crippen molar-refractivity contribution in [2.45, 2.75) is 13.8 Å². The van der Waals surface area contributed by atoms with Crippen molar-refractivity contribution in [3.05, 3.63) is 52.5 Å². The first-order valence-corrected chi connectivity index (χ1v) is 6.30. The summed E-state index contributed by atoms with van der Waals surface area (Å²) >= 11 is 6.04. The molecule has 0 amide bonds. The predicted molar refractivity (Wildman–Crippen MR) is 78.1 cm³/mol. The summed E-state index contributed by atoms with van der Waals surface area (Å²) in [7, 11) is 1.64. The fraction of sp³-hybridized carbons (Fsp3) is 0.200. The zero-order valence-corrected chi connectivity index (χ0v) is 11.9. The zero-order valence-electron chi connectivity index (χ0n) is 11.1. The van der Waals surface area contributed by atoms with Gasteiger partial charge in [-0.15, -0.1) is 0 Å². The van der Waals surface area contributed by atoms with E-state index in [2.05, 4.69) is 10.2 Å². The van der Waals surface area contributed by atoms with Crippen molar-refractivity contribution >= 4 is 23.0 Å². The Labute approximate surface area is 117 Å². The maximum Gasteiger partial charge on any atom is 0.123 e. The van der Waals surface area contributed by atoms with Gasteiger partial charge in [0.15, 0.2) is 0 Å². The Morgan fingerprint density at radius 2 is 1.47 bits per heavy atom. The van der Waals surface area contributed by atoms with Crippen LogP contribution >= 0.6 is 11.6 Å². The van der Waals surface area contributed by atoms with Crippen LogP contribution < -0.4 is 4.74 Å². The van der Waals surface area contributed by atoms with Crippen LogP contribution in [0, 0.1) is 13.8 Å². The van der Waals surface area contributed by atoms with E-state index < -0.39 is 0 Å². The number of methoxy groups -OCH3 is 1. The van der Waals surface area contributed by atoms with Crippen LogP contribution in [0.4, 0.5) is 11.4 Å². The van der Waals surface area contributed by atoms with E-state index >= 15 is 0 Å². The van der Waals surface area contributed by atoms with Gasteiger partial charge in [0, 0.05) is 11.1 Å². The molecule has 2 aromatic carbocycles. The van der Waals surface area contributed by atoms with Crippen LogP contribution in [0.5, 0.6) is 5.75 Å². The minimum absolute atomic E-state index is 0.693. The molecule has 19 heavy (non-hydrogen) atoms. The average molecular weight is 275 g/mol. The molecular formula is C15H15ClN2O. The van der Waals surface area contributed by atoms with Crippen LogP contribution in [0.1, 0.15) is 11.1 Å². The molecule has 4 heteroatoms. The number of rotatable bonds is 3. The van der Waals surface area contributed by atoms with Crippen LogP contribution in [-0.4, -0.2) is 7.11 Å². The van der Waals surface area contributed by atoms with Crippen molar-refractivity contribution in [3.8, 4) is 5.75 Å². The summed E-state index contributed by atoms with van der Waals surface area (Å²) in [6.45, 7) is 3.94. The third-order valence-electron chi connectivity index (χ3n) is 2.83. The minimum atomic E-state index is 0.693. The maximum absolute atomic E-state index is 6.04. The fourth-order valence-electron chi connectivity index (χ4n) is 1.63. The van der Waals surface area contributed by atoms with E-state index in [0.29, 0.717) is 5.02 Å². The Balaban J connectivity index is 2.24. The largest absolute Gasteiger partial charge is 0.496 e. The van der Waals surface area contributed by atoms with Gasteiger partial charge in [-0.2, -0.15) is 10.2 Å². The highest BCUT2D eigenvalue weighted by Crippen LogP contribution is 2.27. The third kappa shape index (κ3) is 3.32. The van der Waals surface area contributed by atoms with E-state index in [-0.39, 0.29) is 0 Å². The molecule has 0 aliphatic heterocycles. The molecule has 0 fully saturated rings. The molecule has 0 unspecified atom stereocenters. The quantitative estimate of drug-likeness (QED) is 0.692. The molecule has 98 valence electrons. The van der Waals surface area contributed by atoms with E-state index in [1.165, 1.54) is 0 Å². The first kappa shape index (κ1) is 13.6. The van der Waals surface area contributed by atoms with Crippen molar-refractivity contribution in [2.24, 2.45) is 10.2 Å². The zero-order chi connectivity index (χ0) is 13.8. The van der Waals surface area contributed by atoms with Crippen molar-refractivity contribution in [1.82, 2.24) is 0 Å². The number of hydrogen-bond acceptors (Lipinski definition) is 3. The lowest BCUT2D eigenvalue weighted by Crippen LogP contribution is -1.85. The number of nitrogens with zero attached hydrogens (tertiary/aromatic N) is 2. The molecule has 0 saturated heterocycles. The molecule has 2 rings (SSSR count). The predicted octanol–water partition coefficient (Wildman–Crippen LogP) is 5.38. The van der Waals surface area contributed by atoms with Gasteiger partial charge in [0.05, 0.1) is 18.5 Å². The van der Waals surface area contributed by atoms with E-state index in [4.69, 9.17) is 16.3 Å². The number of benzene rings is 2. The summed E-state index contributed by atoms with van der Waals surface area (Å²) in [5.74, 6) is 0.804. The van der Waals surface area contributed by atoms with Crippen molar-refractivity contribution in [3.63, 3.8) is 0 Å². The van der Waals surface area contributed by atoms with E-state index in [9.17, 15) is 0 Å². The Bertz CT molecular complexity index is 624. The molecule has 3 nitrogen and oxygen atoms in total. The van der Waals surface area contributed by atoms with E-state index in [1.54, 1.807) is 13.2 Å². The van der Waals surface area contributed by atoms with E-state index in [0.717, 1.165) is 28.3 Å². The average Bonchev–Trinajstić information content (AvgIpc) is 2.41. The van der Waals surface area contributed by atoms with Gasteiger partial charge in [0.25, 0.3) is 0 Å². The topological polar surface area (TPSA) is 34.0 Å². The Morgan fingerprint density at radius 1 is 0.895 bits per heavy atom. The standard InChI is InChI=1S/C15H15ClN2O/c1-10-4-6-12(8-14(10)16)17-18-13-7-5-11(2)15(9-13)19-3/h4-9H,1-3H3. The normalized spacial score (nSPS) is 10.9. The lowest BCUT2D eigenvalue weighted by atomic mass is 10.2. The second-order valence-electron chi connectivity index (χ2n) is 4.29. The summed E-state index contributed by atoms with van der Waals surface area (Å²) in [5, 5.41) is 9.04. The SMILES string of the molecule is COc1cc(N=Nc2ccc(C)c(Cl)c2)ccc1C. The van der Waals surface area contributed by atoms with Crippen LogP contribution in [0.15, 0.2) is 46.6 Å². The molecule has 0 bridgehead atoms. The summed E-state index contributed by atoms with van der Waals surface area (Å²) < 4.78 is 5.25. The molecule has 0 saturated carbocycles. The highest BCUT2D eigenvalue weighted by Gasteiger charge is 2.00.